The highest BCUT2D eigenvalue weighted by Crippen LogP contribution is 2.58. The van der Waals surface area contributed by atoms with Crippen molar-refractivity contribution in [3.8, 4) is 17.3 Å². The highest BCUT2D eigenvalue weighted by atomic mass is 19.1. The fourth-order valence-corrected chi connectivity index (χ4v) is 7.18. The topological polar surface area (TPSA) is 79.1 Å². The number of likely N-dealkylation sites (N-methyl/N-ethyl adjacent to an activating group) is 1. The van der Waals surface area contributed by atoms with Crippen LogP contribution in [0.2, 0.25) is 0 Å². The maximum Gasteiger partial charge on any atom is 0.319 e. The minimum absolute atomic E-state index is 0.00630. The molecule has 44 heavy (non-hydrogen) atoms. The maximum atomic E-state index is 16.5. The second kappa shape index (κ2) is 11.0. The molecule has 9 nitrogen and oxygen atoms in total. The van der Waals surface area contributed by atoms with Gasteiger partial charge in [-0.1, -0.05) is 6.58 Å². The molecule has 0 bridgehead atoms. The summed E-state index contributed by atoms with van der Waals surface area (Å²) in [5, 5.41) is 0.342. The van der Waals surface area contributed by atoms with E-state index in [-0.39, 0.29) is 61.2 Å². The van der Waals surface area contributed by atoms with Gasteiger partial charge in [-0.15, -0.1) is 0 Å². The Morgan fingerprint density at radius 2 is 2.05 bits per heavy atom. The van der Waals surface area contributed by atoms with Crippen LogP contribution in [0.1, 0.15) is 36.3 Å². The van der Waals surface area contributed by atoms with Gasteiger partial charge in [0.05, 0.1) is 5.39 Å². The number of likely N-dealkylation sites (tertiary alicyclic amines) is 1. The molecular weight excluding hydrogens is 571 g/mol. The van der Waals surface area contributed by atoms with E-state index in [0.717, 1.165) is 31.4 Å². The highest BCUT2D eigenvalue weighted by molar-refractivity contribution is 5.93. The SMILES string of the molecule is [C-]#[N+]C[C@H]1CN(c2nc(OC[C@@H]3CCCN3C)nc3c(F)c(-c4ccc(F)c5c4C[C@@H]4C[C@H]54)ncc23)CCN1C(=O)C(=C)F. The number of halogens is 3. The zero-order valence-electron chi connectivity index (χ0n) is 24.4. The first-order valence-electron chi connectivity index (χ1n) is 15.0. The normalized spacial score (nSPS) is 24.2. The standard InChI is InChI=1S/C32H32F3N7O2/c1-17(33)31(43)42-10-9-41(15-20(42)13-36-2)30-24-14-37-28(21-6-7-25(34)26-22-11-18(22)12-23(21)26)27(35)29(24)38-32(39-30)44-16-19-5-4-8-40(19)3/h6-7,14,18-20,22H,1,4-5,8-13,15-16H2,3H3/t18-,19-,20-,22-/m0/s1. The highest BCUT2D eigenvalue weighted by Gasteiger charge is 2.48. The monoisotopic (exact) mass is 603 g/mol. The summed E-state index contributed by atoms with van der Waals surface area (Å²) in [6.07, 6.45) is 5.19. The third kappa shape index (κ3) is 4.83. The number of anilines is 1. The number of aromatic nitrogens is 3. The fourth-order valence-electron chi connectivity index (χ4n) is 7.18. The van der Waals surface area contributed by atoms with Crippen molar-refractivity contribution in [1.29, 1.82) is 0 Å². The van der Waals surface area contributed by atoms with Gasteiger partial charge in [0.15, 0.2) is 11.6 Å². The Morgan fingerprint density at radius 1 is 1.20 bits per heavy atom. The molecule has 0 unspecified atom stereocenters. The van der Waals surface area contributed by atoms with Crippen LogP contribution in [0.3, 0.4) is 0 Å². The first-order chi connectivity index (χ1) is 21.2. The summed E-state index contributed by atoms with van der Waals surface area (Å²) in [7, 11) is 2.03. The van der Waals surface area contributed by atoms with E-state index in [0.29, 0.717) is 41.3 Å². The first kappa shape index (κ1) is 28.5. The van der Waals surface area contributed by atoms with E-state index in [4.69, 9.17) is 11.3 Å². The Balaban J connectivity index is 1.30. The molecule has 2 aliphatic heterocycles. The largest absolute Gasteiger partial charge is 0.462 e. The molecule has 0 radical (unpaired) electrons. The lowest BCUT2D eigenvalue weighted by Crippen LogP contribution is -2.56. The van der Waals surface area contributed by atoms with Crippen molar-refractivity contribution in [2.24, 2.45) is 5.92 Å². The molecular formula is C32H32F3N7O2. The summed E-state index contributed by atoms with van der Waals surface area (Å²) < 4.78 is 51.1. The Bertz CT molecular complexity index is 1730. The Hall–Kier alpha value is -4.24. The van der Waals surface area contributed by atoms with Gasteiger partial charge < -0.3 is 24.3 Å². The van der Waals surface area contributed by atoms with E-state index >= 15 is 4.39 Å². The molecule has 4 heterocycles. The molecule has 3 aromatic rings. The number of benzene rings is 1. The average molecular weight is 604 g/mol. The molecule has 2 aliphatic carbocycles. The van der Waals surface area contributed by atoms with Gasteiger partial charge in [-0.25, -0.2) is 19.7 Å². The lowest BCUT2D eigenvalue weighted by molar-refractivity contribution is -0.131. The second-order valence-corrected chi connectivity index (χ2v) is 12.2. The zero-order chi connectivity index (χ0) is 30.7. The van der Waals surface area contributed by atoms with E-state index in [2.05, 4.69) is 31.3 Å². The number of rotatable bonds is 7. The predicted molar refractivity (Wildman–Crippen MR) is 158 cm³/mol. The number of ether oxygens (including phenoxy) is 1. The summed E-state index contributed by atoms with van der Waals surface area (Å²) >= 11 is 0. The van der Waals surface area contributed by atoms with Gasteiger partial charge in [-0.3, -0.25) is 9.78 Å². The van der Waals surface area contributed by atoms with Gasteiger partial charge in [0.2, 0.25) is 6.54 Å². The van der Waals surface area contributed by atoms with Crippen LogP contribution in [0.4, 0.5) is 19.0 Å². The van der Waals surface area contributed by atoms with E-state index < -0.39 is 23.6 Å². The molecule has 4 atom stereocenters. The zero-order valence-corrected chi connectivity index (χ0v) is 24.4. The van der Waals surface area contributed by atoms with Crippen molar-refractivity contribution >= 4 is 22.6 Å². The number of pyridine rings is 1. The summed E-state index contributed by atoms with van der Waals surface area (Å²) in [5.41, 5.74) is 2.18. The Morgan fingerprint density at radius 3 is 2.80 bits per heavy atom. The molecule has 2 saturated heterocycles. The molecule has 3 fully saturated rings. The van der Waals surface area contributed by atoms with Crippen molar-refractivity contribution in [1.82, 2.24) is 24.8 Å². The summed E-state index contributed by atoms with van der Waals surface area (Å²) in [6.45, 7) is 12.3. The van der Waals surface area contributed by atoms with Crippen molar-refractivity contribution in [3.05, 3.63) is 64.9 Å². The third-order valence-electron chi connectivity index (χ3n) is 9.62. The number of nitrogens with zero attached hydrogens (tertiary/aromatic N) is 7. The molecule has 2 aromatic heterocycles. The van der Waals surface area contributed by atoms with Crippen LogP contribution >= 0.6 is 0 Å². The van der Waals surface area contributed by atoms with E-state index in [9.17, 15) is 13.6 Å². The minimum atomic E-state index is -1.09. The number of hydrogen-bond acceptors (Lipinski definition) is 7. The number of carbonyl (C=O) groups is 1. The van der Waals surface area contributed by atoms with Crippen molar-refractivity contribution in [2.75, 3.05) is 51.3 Å². The Kier molecular flexibility index (Phi) is 7.16. The Labute approximate surface area is 253 Å². The van der Waals surface area contributed by atoms with E-state index in [1.165, 1.54) is 17.2 Å². The second-order valence-electron chi connectivity index (χ2n) is 12.2. The molecule has 1 aromatic carbocycles. The van der Waals surface area contributed by atoms with Crippen LogP contribution in [0.5, 0.6) is 6.01 Å². The number of carbonyl (C=O) groups excluding carboxylic acids is 1. The number of piperazine rings is 1. The molecule has 1 amide bonds. The fraction of sp³-hybridized carbons (Fsp3) is 0.469. The van der Waals surface area contributed by atoms with E-state index in [1.54, 1.807) is 6.07 Å². The van der Waals surface area contributed by atoms with Gasteiger partial charge >= 0.3 is 6.01 Å². The molecule has 4 aliphatic rings. The van der Waals surface area contributed by atoms with Crippen molar-refractivity contribution in [2.45, 2.75) is 43.7 Å². The van der Waals surface area contributed by atoms with Gasteiger partial charge in [0.1, 0.15) is 35.5 Å². The van der Waals surface area contributed by atoms with Crippen LogP contribution < -0.4 is 9.64 Å². The third-order valence-corrected chi connectivity index (χ3v) is 9.62. The van der Waals surface area contributed by atoms with Crippen LogP contribution in [0.15, 0.2) is 30.7 Å². The summed E-state index contributed by atoms with van der Waals surface area (Å²) in [6, 6.07) is 2.54. The van der Waals surface area contributed by atoms with Crippen molar-refractivity contribution < 1.29 is 22.7 Å². The lowest BCUT2D eigenvalue weighted by atomic mass is 9.96. The molecule has 12 heteroatoms. The van der Waals surface area contributed by atoms with Gasteiger partial charge in [-0.05, 0) is 74.4 Å². The predicted octanol–water partition coefficient (Wildman–Crippen LogP) is 4.52. The van der Waals surface area contributed by atoms with Gasteiger partial charge in [-0.2, -0.15) is 9.97 Å². The van der Waals surface area contributed by atoms with E-state index in [1.807, 2.05) is 11.9 Å². The number of fused-ring (bicyclic) bond motifs is 4. The average Bonchev–Trinajstić information content (AvgIpc) is 3.47. The van der Waals surface area contributed by atoms with Crippen LogP contribution in [0, 0.1) is 24.1 Å². The van der Waals surface area contributed by atoms with Crippen LogP contribution in [-0.2, 0) is 11.2 Å². The van der Waals surface area contributed by atoms with Crippen molar-refractivity contribution in [3.63, 3.8) is 0 Å². The van der Waals surface area contributed by atoms with Crippen LogP contribution in [-0.4, -0.2) is 89.1 Å². The minimum Gasteiger partial charge on any atom is -0.462 e. The number of amides is 1. The lowest BCUT2D eigenvalue weighted by Gasteiger charge is -2.39. The number of hydrogen-bond donors (Lipinski definition) is 0. The first-order valence-corrected chi connectivity index (χ1v) is 15.0. The van der Waals surface area contributed by atoms with Crippen LogP contribution in [0.25, 0.3) is 27.0 Å². The summed E-state index contributed by atoms with van der Waals surface area (Å²) in [5.74, 6) is -1.89. The quantitative estimate of drug-likeness (QED) is 0.290. The molecule has 1 saturated carbocycles. The summed E-state index contributed by atoms with van der Waals surface area (Å²) in [4.78, 5) is 35.0. The maximum absolute atomic E-state index is 16.5. The molecule has 0 spiro atoms. The molecule has 7 rings (SSSR count). The van der Waals surface area contributed by atoms with Gasteiger partial charge in [0, 0.05) is 37.4 Å². The smallest absolute Gasteiger partial charge is 0.319 e. The van der Waals surface area contributed by atoms with Gasteiger partial charge in [0.25, 0.3) is 5.91 Å². The molecule has 0 N–H and O–H groups in total. The molecule has 228 valence electrons.